The lowest BCUT2D eigenvalue weighted by Gasteiger charge is -2.25. The predicted molar refractivity (Wildman–Crippen MR) is 93.0 cm³/mol. The highest BCUT2D eigenvalue weighted by Crippen LogP contribution is 2.17. The van der Waals surface area contributed by atoms with Crippen LogP contribution in [0.3, 0.4) is 0 Å². The number of hydrogen-bond donors (Lipinski definition) is 1. The topological polar surface area (TPSA) is 79.4 Å². The Morgan fingerprint density at radius 3 is 2.83 bits per heavy atom. The third-order valence-electron chi connectivity index (χ3n) is 3.79. The molecule has 0 aromatic carbocycles. The van der Waals surface area contributed by atoms with Crippen molar-refractivity contribution in [3.63, 3.8) is 0 Å². The van der Waals surface area contributed by atoms with Crippen molar-refractivity contribution in [1.29, 1.82) is 0 Å². The first-order chi connectivity index (χ1) is 11.0. The van der Waals surface area contributed by atoms with Crippen LogP contribution >= 0.6 is 11.8 Å². The fourth-order valence-electron chi connectivity index (χ4n) is 2.41. The van der Waals surface area contributed by atoms with Crippen molar-refractivity contribution < 1.29 is 13.2 Å². The number of nitrogens with zero attached hydrogens (tertiary/aromatic N) is 2. The lowest BCUT2D eigenvalue weighted by Crippen LogP contribution is -2.42. The number of thioether (sulfide) groups is 1. The summed E-state index contributed by atoms with van der Waals surface area (Å²) in [7, 11) is -3.26. The van der Waals surface area contributed by atoms with E-state index < -0.39 is 10.0 Å². The van der Waals surface area contributed by atoms with Crippen molar-refractivity contribution >= 4 is 27.7 Å². The number of amides is 1. The second kappa shape index (κ2) is 8.65. The van der Waals surface area contributed by atoms with E-state index in [1.165, 1.54) is 4.31 Å². The van der Waals surface area contributed by atoms with E-state index in [4.69, 9.17) is 0 Å². The fraction of sp³-hybridized carbons (Fsp3) is 0.600. The molecule has 1 aromatic heterocycles. The lowest BCUT2D eigenvalue weighted by atomic mass is 9.99. The maximum Gasteiger partial charge on any atom is 0.220 e. The average Bonchev–Trinajstić information content (AvgIpc) is 2.56. The van der Waals surface area contributed by atoms with Crippen molar-refractivity contribution in [3.05, 3.63) is 30.1 Å². The first-order valence-electron chi connectivity index (χ1n) is 7.71. The van der Waals surface area contributed by atoms with E-state index in [2.05, 4.69) is 10.3 Å². The number of sulfonamides is 1. The smallest absolute Gasteiger partial charge is 0.220 e. The standard InChI is InChI=1S/C15H23N3O3S2/c1-13(14-3-2-4-16-12-14)11-15(19)17-5-10-23(20,21)18-6-8-22-9-7-18/h2-4,12-13H,5-11H2,1H3,(H,17,19)/t13-/m1/s1. The van der Waals surface area contributed by atoms with Crippen LogP contribution in [-0.4, -0.2) is 60.5 Å². The van der Waals surface area contributed by atoms with Gasteiger partial charge in [-0.25, -0.2) is 12.7 Å². The van der Waals surface area contributed by atoms with Gasteiger partial charge in [0.1, 0.15) is 0 Å². The van der Waals surface area contributed by atoms with Crippen molar-refractivity contribution in [3.8, 4) is 0 Å². The molecule has 0 spiro atoms. The Morgan fingerprint density at radius 1 is 1.43 bits per heavy atom. The summed E-state index contributed by atoms with van der Waals surface area (Å²) in [5.41, 5.74) is 1.00. The average molecular weight is 358 g/mol. The van der Waals surface area contributed by atoms with Crippen LogP contribution < -0.4 is 5.32 Å². The molecule has 0 bridgehead atoms. The molecule has 1 aliphatic rings. The SMILES string of the molecule is C[C@H](CC(=O)NCCS(=O)(=O)N1CCSCC1)c1cccnc1. The van der Waals surface area contributed by atoms with Crippen LogP contribution in [0.5, 0.6) is 0 Å². The molecule has 8 heteroatoms. The highest BCUT2D eigenvalue weighted by atomic mass is 32.2. The van der Waals surface area contributed by atoms with Gasteiger partial charge in [-0.05, 0) is 17.5 Å². The summed E-state index contributed by atoms with van der Waals surface area (Å²) in [5, 5.41) is 2.71. The predicted octanol–water partition coefficient (Wildman–Crippen LogP) is 1.07. The number of carbonyl (C=O) groups is 1. The molecular weight excluding hydrogens is 334 g/mol. The summed E-state index contributed by atoms with van der Waals surface area (Å²) in [5.74, 6) is 1.57. The third-order valence-corrected chi connectivity index (χ3v) is 6.61. The first-order valence-corrected chi connectivity index (χ1v) is 10.5. The Balaban J connectivity index is 1.74. The van der Waals surface area contributed by atoms with Gasteiger partial charge in [-0.3, -0.25) is 9.78 Å². The molecule has 1 aromatic rings. The van der Waals surface area contributed by atoms with Crippen molar-refractivity contribution in [2.75, 3.05) is 36.9 Å². The number of aromatic nitrogens is 1. The van der Waals surface area contributed by atoms with Gasteiger partial charge < -0.3 is 5.32 Å². The molecule has 2 rings (SSSR count). The minimum atomic E-state index is -3.26. The zero-order valence-corrected chi connectivity index (χ0v) is 14.9. The first kappa shape index (κ1) is 18.2. The summed E-state index contributed by atoms with van der Waals surface area (Å²) in [6.45, 7) is 3.25. The Morgan fingerprint density at radius 2 is 2.17 bits per heavy atom. The van der Waals surface area contributed by atoms with Crippen LogP contribution in [0.1, 0.15) is 24.8 Å². The molecule has 1 N–H and O–H groups in total. The summed E-state index contributed by atoms with van der Waals surface area (Å²) in [6, 6.07) is 3.77. The zero-order chi connectivity index (χ0) is 16.7. The molecule has 1 atom stereocenters. The summed E-state index contributed by atoms with van der Waals surface area (Å²) in [6.07, 6.45) is 3.77. The summed E-state index contributed by atoms with van der Waals surface area (Å²) >= 11 is 1.77. The molecule has 0 unspecified atom stereocenters. The Kier molecular flexibility index (Phi) is 6.86. The highest BCUT2D eigenvalue weighted by molar-refractivity contribution is 7.99. The van der Waals surface area contributed by atoms with E-state index in [9.17, 15) is 13.2 Å². The molecule has 1 amide bonds. The van der Waals surface area contributed by atoms with Gasteiger partial charge in [0.05, 0.1) is 5.75 Å². The third kappa shape index (κ3) is 5.78. The van der Waals surface area contributed by atoms with Gasteiger partial charge in [-0.2, -0.15) is 11.8 Å². The second-order valence-corrected chi connectivity index (χ2v) is 8.88. The van der Waals surface area contributed by atoms with Gasteiger partial charge >= 0.3 is 0 Å². The number of hydrogen-bond acceptors (Lipinski definition) is 5. The van der Waals surface area contributed by atoms with Crippen LogP contribution in [0.25, 0.3) is 0 Å². The fourth-order valence-corrected chi connectivity index (χ4v) is 4.90. The number of carbonyl (C=O) groups excluding carboxylic acids is 1. The van der Waals surface area contributed by atoms with Gasteiger partial charge in [0, 0.05) is 50.0 Å². The summed E-state index contributed by atoms with van der Waals surface area (Å²) < 4.78 is 25.9. The molecule has 1 fully saturated rings. The molecule has 128 valence electrons. The van der Waals surface area contributed by atoms with E-state index in [0.717, 1.165) is 17.1 Å². The Bertz CT molecular complexity index is 602. The van der Waals surface area contributed by atoms with Gasteiger partial charge in [-0.1, -0.05) is 13.0 Å². The molecular formula is C15H23N3O3S2. The lowest BCUT2D eigenvalue weighted by molar-refractivity contribution is -0.121. The maximum absolute atomic E-state index is 12.2. The molecule has 1 aliphatic heterocycles. The minimum Gasteiger partial charge on any atom is -0.355 e. The van der Waals surface area contributed by atoms with E-state index in [-0.39, 0.29) is 24.1 Å². The van der Waals surface area contributed by atoms with Gasteiger partial charge in [-0.15, -0.1) is 0 Å². The van der Waals surface area contributed by atoms with E-state index in [1.807, 2.05) is 19.1 Å². The monoisotopic (exact) mass is 357 g/mol. The zero-order valence-electron chi connectivity index (χ0n) is 13.3. The molecule has 0 saturated carbocycles. The van der Waals surface area contributed by atoms with E-state index in [0.29, 0.717) is 19.5 Å². The normalized spacial score (nSPS) is 17.6. The number of pyridine rings is 1. The van der Waals surface area contributed by atoms with Crippen LogP contribution in [0.15, 0.2) is 24.5 Å². The van der Waals surface area contributed by atoms with Crippen molar-refractivity contribution in [2.24, 2.45) is 0 Å². The minimum absolute atomic E-state index is 0.0370. The second-order valence-electron chi connectivity index (χ2n) is 5.57. The van der Waals surface area contributed by atoms with Crippen molar-refractivity contribution in [1.82, 2.24) is 14.6 Å². The Labute approximate surface area is 142 Å². The van der Waals surface area contributed by atoms with E-state index in [1.54, 1.807) is 24.2 Å². The van der Waals surface area contributed by atoms with Gasteiger partial charge in [0.25, 0.3) is 0 Å². The molecule has 6 nitrogen and oxygen atoms in total. The van der Waals surface area contributed by atoms with Gasteiger partial charge in [0.15, 0.2) is 0 Å². The van der Waals surface area contributed by atoms with Gasteiger partial charge in [0.2, 0.25) is 15.9 Å². The largest absolute Gasteiger partial charge is 0.355 e. The molecule has 23 heavy (non-hydrogen) atoms. The van der Waals surface area contributed by atoms with Crippen LogP contribution in [0.2, 0.25) is 0 Å². The van der Waals surface area contributed by atoms with Crippen LogP contribution in [0, 0.1) is 0 Å². The summed E-state index contributed by atoms with van der Waals surface area (Å²) in [4.78, 5) is 16.0. The Hall–Kier alpha value is -1.12. The van der Waals surface area contributed by atoms with E-state index >= 15 is 0 Å². The number of nitrogens with one attached hydrogen (secondary N) is 1. The maximum atomic E-state index is 12.2. The molecule has 0 radical (unpaired) electrons. The molecule has 0 aliphatic carbocycles. The van der Waals surface area contributed by atoms with Crippen molar-refractivity contribution in [2.45, 2.75) is 19.3 Å². The number of rotatable bonds is 7. The molecule has 2 heterocycles. The quantitative estimate of drug-likeness (QED) is 0.790. The van der Waals surface area contributed by atoms with Crippen LogP contribution in [0.4, 0.5) is 0 Å². The molecule has 1 saturated heterocycles. The van der Waals surface area contributed by atoms with Crippen LogP contribution in [-0.2, 0) is 14.8 Å². The highest BCUT2D eigenvalue weighted by Gasteiger charge is 2.23.